The maximum Gasteiger partial charge on any atom is 0.306 e. The van der Waals surface area contributed by atoms with Gasteiger partial charge in [0.05, 0.1) is 21.3 Å². The van der Waals surface area contributed by atoms with Crippen LogP contribution in [-0.4, -0.2) is 21.1 Å². The molecule has 0 aliphatic heterocycles. The summed E-state index contributed by atoms with van der Waals surface area (Å²) in [5, 5.41) is 1.75. The monoisotopic (exact) mass is 382 g/mol. The lowest BCUT2D eigenvalue weighted by atomic mass is 10.2. The van der Waals surface area contributed by atoms with E-state index in [0.29, 0.717) is 19.9 Å². The van der Waals surface area contributed by atoms with Gasteiger partial charge >= 0.3 is 5.97 Å². The number of carbonyl (C=O) groups excluding carboxylic acids is 2. The summed E-state index contributed by atoms with van der Waals surface area (Å²) in [5.74, 6) is -0.667. The maximum atomic E-state index is 11.9. The number of carbonyl (C=O) groups is 2. The number of ether oxygens (including phenoxy) is 1. The molecule has 3 aromatic heterocycles. The lowest BCUT2D eigenvalue weighted by Crippen LogP contribution is -2.15. The Morgan fingerprint density at radius 3 is 2.88 bits per heavy atom. The topological polar surface area (TPSA) is 77.7 Å². The number of thiophene rings is 1. The summed E-state index contributed by atoms with van der Waals surface area (Å²) in [6, 6.07) is 4.60. The van der Waals surface area contributed by atoms with Gasteiger partial charge < -0.3 is 4.74 Å². The van der Waals surface area contributed by atoms with Gasteiger partial charge in [-0.2, -0.15) is 0 Å². The number of aromatic nitrogens is 2. The number of rotatable bonds is 6. The molecule has 9 heteroatoms. The molecule has 0 N–H and O–H groups in total. The van der Waals surface area contributed by atoms with E-state index in [2.05, 4.69) is 4.98 Å². The molecule has 124 valence electrons. The van der Waals surface area contributed by atoms with E-state index in [0.717, 1.165) is 0 Å². The molecule has 0 spiro atoms. The van der Waals surface area contributed by atoms with Crippen LogP contribution in [0.2, 0.25) is 4.34 Å². The van der Waals surface area contributed by atoms with Crippen molar-refractivity contribution in [3.8, 4) is 0 Å². The maximum absolute atomic E-state index is 11.9. The van der Waals surface area contributed by atoms with Gasteiger partial charge in [0.1, 0.15) is 6.61 Å². The molecule has 0 aliphatic carbocycles. The van der Waals surface area contributed by atoms with Crippen LogP contribution in [0.4, 0.5) is 0 Å². The van der Waals surface area contributed by atoms with Gasteiger partial charge in [-0.3, -0.25) is 18.8 Å². The van der Waals surface area contributed by atoms with Crippen molar-refractivity contribution < 1.29 is 14.3 Å². The van der Waals surface area contributed by atoms with Crippen LogP contribution in [-0.2, 0) is 16.1 Å². The number of nitrogens with zero attached hydrogens (tertiary/aromatic N) is 2. The Balaban J connectivity index is 1.53. The number of hydrogen-bond acceptors (Lipinski definition) is 7. The first-order valence-corrected chi connectivity index (χ1v) is 9.00. The third-order valence-electron chi connectivity index (χ3n) is 3.14. The average molecular weight is 383 g/mol. The first-order valence-electron chi connectivity index (χ1n) is 6.93. The Morgan fingerprint density at radius 1 is 1.29 bits per heavy atom. The molecule has 3 heterocycles. The molecule has 6 nitrogen and oxygen atoms in total. The highest BCUT2D eigenvalue weighted by atomic mass is 35.5. The van der Waals surface area contributed by atoms with E-state index in [1.807, 2.05) is 0 Å². The lowest BCUT2D eigenvalue weighted by Gasteiger charge is -2.04. The van der Waals surface area contributed by atoms with E-state index in [9.17, 15) is 14.4 Å². The highest BCUT2D eigenvalue weighted by Gasteiger charge is 2.13. The summed E-state index contributed by atoms with van der Waals surface area (Å²) in [6.07, 6.45) is 1.65. The minimum Gasteiger partial charge on any atom is -0.459 e. The van der Waals surface area contributed by atoms with Gasteiger partial charge in [-0.1, -0.05) is 11.6 Å². The number of fused-ring (bicyclic) bond motifs is 1. The number of halogens is 1. The standard InChI is InChI=1S/C15H11ClN2O4S2/c16-12-3-2-11(24-12)10(19)1-4-14(21)22-8-9-7-13(20)18-5-6-23-15(18)17-9/h2-3,5-7H,1,4,8H2. The summed E-state index contributed by atoms with van der Waals surface area (Å²) in [7, 11) is 0. The summed E-state index contributed by atoms with van der Waals surface area (Å²) in [5.41, 5.74) is 0.157. The van der Waals surface area contributed by atoms with Gasteiger partial charge in [0.15, 0.2) is 10.7 Å². The molecule has 0 atom stereocenters. The molecule has 0 saturated heterocycles. The Labute approximate surface area is 149 Å². The van der Waals surface area contributed by atoms with Crippen molar-refractivity contribution in [1.29, 1.82) is 0 Å². The van der Waals surface area contributed by atoms with Gasteiger partial charge in [0, 0.05) is 24.1 Å². The van der Waals surface area contributed by atoms with Crippen LogP contribution >= 0.6 is 34.3 Å². The van der Waals surface area contributed by atoms with Crippen molar-refractivity contribution >= 4 is 51.0 Å². The van der Waals surface area contributed by atoms with E-state index in [4.69, 9.17) is 16.3 Å². The molecule has 3 rings (SSSR count). The zero-order valence-electron chi connectivity index (χ0n) is 12.2. The smallest absolute Gasteiger partial charge is 0.306 e. The molecule has 0 unspecified atom stereocenters. The zero-order valence-corrected chi connectivity index (χ0v) is 14.6. The second-order valence-corrected chi connectivity index (χ2v) is 7.42. The Hall–Kier alpha value is -2.03. The van der Waals surface area contributed by atoms with Crippen LogP contribution < -0.4 is 5.56 Å². The van der Waals surface area contributed by atoms with Crippen LogP contribution in [0.25, 0.3) is 4.96 Å². The number of Topliss-reactive ketones (excluding diaryl/α,β-unsaturated/α-hetero) is 1. The van der Waals surface area contributed by atoms with Gasteiger partial charge in [-0.05, 0) is 12.1 Å². The van der Waals surface area contributed by atoms with E-state index >= 15 is 0 Å². The van der Waals surface area contributed by atoms with Crippen LogP contribution in [0.15, 0.2) is 34.6 Å². The molecule has 0 fully saturated rings. The Morgan fingerprint density at radius 2 is 2.12 bits per heavy atom. The fourth-order valence-electron chi connectivity index (χ4n) is 1.99. The third kappa shape index (κ3) is 3.89. The molecule has 0 aliphatic rings. The second-order valence-electron chi connectivity index (χ2n) is 4.83. The highest BCUT2D eigenvalue weighted by molar-refractivity contribution is 7.18. The summed E-state index contributed by atoms with van der Waals surface area (Å²) in [4.78, 5) is 40.7. The summed E-state index contributed by atoms with van der Waals surface area (Å²) in [6.45, 7) is -0.0957. The zero-order chi connectivity index (χ0) is 17.1. The second kappa shape index (κ2) is 7.25. The lowest BCUT2D eigenvalue weighted by molar-refractivity contribution is -0.145. The van der Waals surface area contributed by atoms with Crippen molar-refractivity contribution in [1.82, 2.24) is 9.38 Å². The van der Waals surface area contributed by atoms with E-state index < -0.39 is 5.97 Å². The predicted molar refractivity (Wildman–Crippen MR) is 92.0 cm³/mol. The van der Waals surface area contributed by atoms with Gasteiger partial charge in [0.25, 0.3) is 5.56 Å². The normalized spacial score (nSPS) is 10.9. The molecule has 0 amide bonds. The molecule has 3 aromatic rings. The van der Waals surface area contributed by atoms with Gasteiger partial charge in [0.2, 0.25) is 0 Å². The minimum absolute atomic E-state index is 0.0332. The average Bonchev–Trinajstić information content (AvgIpc) is 3.19. The van der Waals surface area contributed by atoms with Crippen molar-refractivity contribution in [2.24, 2.45) is 0 Å². The van der Waals surface area contributed by atoms with Crippen molar-refractivity contribution in [2.45, 2.75) is 19.4 Å². The predicted octanol–water partition coefficient (Wildman–Crippen LogP) is 3.18. The number of ketones is 1. The largest absolute Gasteiger partial charge is 0.459 e. The molecule has 0 bridgehead atoms. The number of hydrogen-bond donors (Lipinski definition) is 0. The van der Waals surface area contributed by atoms with Crippen LogP contribution in [0, 0.1) is 0 Å². The molecule has 0 saturated carbocycles. The molecular formula is C15H11ClN2O4S2. The molecule has 0 radical (unpaired) electrons. The number of thiazole rings is 1. The Kier molecular flexibility index (Phi) is 5.08. The minimum atomic E-state index is -0.515. The highest BCUT2D eigenvalue weighted by Crippen LogP contribution is 2.23. The van der Waals surface area contributed by atoms with E-state index in [1.165, 1.54) is 33.1 Å². The molecular weight excluding hydrogens is 372 g/mol. The quantitative estimate of drug-likeness (QED) is 0.483. The first kappa shape index (κ1) is 16.8. The Bertz CT molecular complexity index is 960. The fraction of sp³-hybridized carbons (Fsp3) is 0.200. The van der Waals surface area contributed by atoms with Crippen LogP contribution in [0.5, 0.6) is 0 Å². The van der Waals surface area contributed by atoms with Crippen LogP contribution in [0.1, 0.15) is 28.2 Å². The van der Waals surface area contributed by atoms with Gasteiger partial charge in [-0.15, -0.1) is 22.7 Å². The van der Waals surface area contributed by atoms with Crippen LogP contribution in [0.3, 0.4) is 0 Å². The summed E-state index contributed by atoms with van der Waals surface area (Å²) < 4.78 is 7.03. The van der Waals surface area contributed by atoms with Crippen molar-refractivity contribution in [2.75, 3.05) is 0 Å². The van der Waals surface area contributed by atoms with E-state index in [1.54, 1.807) is 23.7 Å². The third-order valence-corrected chi connectivity index (χ3v) is 5.17. The van der Waals surface area contributed by atoms with E-state index in [-0.39, 0.29) is 30.8 Å². The fourth-order valence-corrected chi connectivity index (χ4v) is 3.74. The van der Waals surface area contributed by atoms with Gasteiger partial charge in [-0.25, -0.2) is 4.98 Å². The first-order chi connectivity index (χ1) is 11.5. The molecule has 0 aromatic carbocycles. The van der Waals surface area contributed by atoms with Crippen molar-refractivity contribution in [3.63, 3.8) is 0 Å². The molecule has 24 heavy (non-hydrogen) atoms. The summed E-state index contributed by atoms with van der Waals surface area (Å²) >= 11 is 8.27. The number of esters is 1. The SMILES string of the molecule is O=C(CCC(=O)c1ccc(Cl)s1)OCc1cc(=O)n2ccsc2n1. The van der Waals surface area contributed by atoms with Crippen molar-refractivity contribution in [3.05, 3.63) is 55.0 Å².